The molecule has 4 nitrogen and oxygen atoms in total. The number of hydrogen-bond donors (Lipinski definition) is 0. The summed E-state index contributed by atoms with van der Waals surface area (Å²) >= 11 is 0. The average molecular weight is 349 g/mol. The maximum absolute atomic E-state index is 12.9. The van der Waals surface area contributed by atoms with E-state index in [4.69, 9.17) is 0 Å². The fraction of sp³-hybridized carbons (Fsp3) is 0.632. The van der Waals surface area contributed by atoms with Gasteiger partial charge >= 0.3 is 0 Å². The zero-order valence-electron chi connectivity index (χ0n) is 14.8. The van der Waals surface area contributed by atoms with Crippen molar-refractivity contribution in [3.63, 3.8) is 0 Å². The van der Waals surface area contributed by atoms with Gasteiger partial charge in [0.25, 0.3) is 0 Å². The summed E-state index contributed by atoms with van der Waals surface area (Å²) < 4.78 is 23.6. The van der Waals surface area contributed by atoms with Crippen molar-refractivity contribution in [2.24, 2.45) is 5.92 Å². The molecule has 1 atom stereocenters. The molecule has 1 saturated heterocycles. The van der Waals surface area contributed by atoms with E-state index in [1.54, 1.807) is 0 Å². The Morgan fingerprint density at radius 3 is 2.79 bits per heavy atom. The third kappa shape index (κ3) is 3.51. The maximum Gasteiger partial charge on any atom is 0.223 e. The van der Waals surface area contributed by atoms with Gasteiger partial charge in [-0.25, -0.2) is 8.42 Å². The van der Waals surface area contributed by atoms with E-state index >= 15 is 0 Å². The van der Waals surface area contributed by atoms with Crippen molar-refractivity contribution in [2.45, 2.75) is 58.5 Å². The fourth-order valence-electron chi connectivity index (χ4n) is 4.14. The third-order valence-corrected chi connectivity index (χ3v) is 7.39. The van der Waals surface area contributed by atoms with Crippen molar-refractivity contribution in [3.8, 4) is 0 Å². The number of sulfone groups is 1. The highest BCUT2D eigenvalue weighted by Crippen LogP contribution is 2.34. The molecule has 0 bridgehead atoms. The van der Waals surface area contributed by atoms with Gasteiger partial charge in [0.15, 0.2) is 9.84 Å². The van der Waals surface area contributed by atoms with Crippen molar-refractivity contribution in [1.82, 2.24) is 4.90 Å². The number of carbonyl (C=O) groups is 1. The molecule has 1 fully saturated rings. The largest absolute Gasteiger partial charge is 0.333 e. The molecule has 24 heavy (non-hydrogen) atoms. The Kier molecular flexibility index (Phi) is 4.49. The summed E-state index contributed by atoms with van der Waals surface area (Å²) in [5.41, 5.74) is 3.63. The summed E-state index contributed by atoms with van der Waals surface area (Å²) in [5, 5.41) is 0. The molecule has 3 rings (SSSR count). The highest BCUT2D eigenvalue weighted by molar-refractivity contribution is 7.91. The van der Waals surface area contributed by atoms with Crippen LogP contribution in [0.3, 0.4) is 0 Å². The lowest BCUT2D eigenvalue weighted by Gasteiger charge is -2.44. The molecule has 0 aliphatic carbocycles. The molecule has 1 aromatic carbocycles. The van der Waals surface area contributed by atoms with Crippen LogP contribution in [0.25, 0.3) is 0 Å². The van der Waals surface area contributed by atoms with Gasteiger partial charge in [0, 0.05) is 18.5 Å². The molecule has 132 valence electrons. The fourth-order valence-corrected chi connectivity index (χ4v) is 5.91. The van der Waals surface area contributed by atoms with E-state index in [-0.39, 0.29) is 28.9 Å². The minimum absolute atomic E-state index is 0.0223. The van der Waals surface area contributed by atoms with E-state index in [9.17, 15) is 13.2 Å². The van der Waals surface area contributed by atoms with E-state index in [1.165, 1.54) is 16.7 Å². The normalized spacial score (nSPS) is 25.1. The van der Waals surface area contributed by atoms with E-state index in [0.717, 1.165) is 12.8 Å². The summed E-state index contributed by atoms with van der Waals surface area (Å²) in [5.74, 6) is 0.516. The third-order valence-electron chi connectivity index (χ3n) is 5.50. The van der Waals surface area contributed by atoms with Crippen molar-refractivity contribution in [3.05, 3.63) is 34.9 Å². The molecule has 0 N–H and O–H groups in total. The highest BCUT2D eigenvalue weighted by atomic mass is 32.2. The first-order valence-electron chi connectivity index (χ1n) is 8.76. The number of hydrogen-bond acceptors (Lipinski definition) is 3. The first-order chi connectivity index (χ1) is 11.2. The predicted octanol–water partition coefficient (Wildman–Crippen LogP) is 2.87. The Hall–Kier alpha value is -1.36. The minimum Gasteiger partial charge on any atom is -0.333 e. The number of aryl methyl sites for hydroxylation is 1. The molecular formula is C19H27NO3S. The standard InChI is InChI=1S/C19H27NO3S/c1-14-6-4-8-16-12-20(19(2,3)11-17(14)16)18(21)10-15-7-5-9-24(22,23)13-15/h4,6,8,15H,5,7,9-13H2,1-3H3. The van der Waals surface area contributed by atoms with E-state index in [1.807, 2.05) is 11.0 Å². The molecule has 2 aliphatic rings. The molecule has 0 radical (unpaired) electrons. The monoisotopic (exact) mass is 349 g/mol. The Bertz CT molecular complexity index is 752. The van der Waals surface area contributed by atoms with Gasteiger partial charge in [0.2, 0.25) is 5.91 Å². The molecule has 1 amide bonds. The Morgan fingerprint density at radius 1 is 1.33 bits per heavy atom. The van der Waals surface area contributed by atoms with Crippen LogP contribution >= 0.6 is 0 Å². The van der Waals surface area contributed by atoms with Crippen LogP contribution in [0.4, 0.5) is 0 Å². The van der Waals surface area contributed by atoms with Gasteiger partial charge in [0.05, 0.1) is 11.5 Å². The van der Waals surface area contributed by atoms with Gasteiger partial charge in [-0.2, -0.15) is 0 Å². The summed E-state index contributed by atoms with van der Waals surface area (Å²) in [6, 6.07) is 6.27. The summed E-state index contributed by atoms with van der Waals surface area (Å²) in [7, 11) is -2.96. The topological polar surface area (TPSA) is 54.5 Å². The lowest BCUT2D eigenvalue weighted by Crippen LogP contribution is -2.52. The van der Waals surface area contributed by atoms with E-state index in [2.05, 4.69) is 32.9 Å². The second-order valence-electron chi connectivity index (χ2n) is 8.01. The molecule has 2 heterocycles. The molecule has 1 aromatic rings. The molecule has 0 spiro atoms. The first-order valence-corrected chi connectivity index (χ1v) is 10.6. The van der Waals surface area contributed by atoms with Crippen LogP contribution in [0.15, 0.2) is 18.2 Å². The predicted molar refractivity (Wildman–Crippen MR) is 95.5 cm³/mol. The average Bonchev–Trinajstić information content (AvgIpc) is 2.46. The number of benzene rings is 1. The molecule has 0 saturated carbocycles. The molecule has 0 aromatic heterocycles. The highest BCUT2D eigenvalue weighted by Gasteiger charge is 2.37. The first kappa shape index (κ1) is 17.5. The number of carbonyl (C=O) groups excluding carboxylic acids is 1. The Morgan fingerprint density at radius 2 is 2.08 bits per heavy atom. The minimum atomic E-state index is -2.96. The van der Waals surface area contributed by atoms with Crippen LogP contribution in [-0.4, -0.2) is 36.3 Å². The second kappa shape index (κ2) is 6.17. The van der Waals surface area contributed by atoms with Crippen molar-refractivity contribution in [1.29, 1.82) is 0 Å². The molecule has 1 unspecified atom stereocenters. The zero-order chi connectivity index (χ0) is 17.5. The smallest absolute Gasteiger partial charge is 0.223 e. The summed E-state index contributed by atoms with van der Waals surface area (Å²) in [6.07, 6.45) is 2.73. The Labute approximate surface area is 145 Å². The number of rotatable bonds is 2. The van der Waals surface area contributed by atoms with Crippen LogP contribution in [-0.2, 0) is 27.6 Å². The SMILES string of the molecule is Cc1cccc2c1CC(C)(C)N(C(=O)CC1CCCS(=O)(=O)C1)C2. The number of nitrogens with zero attached hydrogens (tertiary/aromatic N) is 1. The van der Waals surface area contributed by atoms with Gasteiger partial charge in [0.1, 0.15) is 0 Å². The lowest BCUT2D eigenvalue weighted by molar-refractivity contribution is -0.139. The van der Waals surface area contributed by atoms with Crippen LogP contribution in [0, 0.1) is 12.8 Å². The molecule has 5 heteroatoms. The van der Waals surface area contributed by atoms with Gasteiger partial charge < -0.3 is 4.90 Å². The zero-order valence-corrected chi connectivity index (χ0v) is 15.7. The van der Waals surface area contributed by atoms with Gasteiger partial charge in [-0.05, 0) is 62.6 Å². The lowest BCUT2D eigenvalue weighted by atomic mass is 9.83. The van der Waals surface area contributed by atoms with E-state index in [0.29, 0.717) is 19.4 Å². The summed E-state index contributed by atoms with van der Waals surface area (Å²) in [4.78, 5) is 14.9. The number of amides is 1. The van der Waals surface area contributed by atoms with Crippen molar-refractivity contribution >= 4 is 15.7 Å². The summed E-state index contributed by atoms with van der Waals surface area (Å²) in [6.45, 7) is 6.97. The van der Waals surface area contributed by atoms with Gasteiger partial charge in [-0.15, -0.1) is 0 Å². The van der Waals surface area contributed by atoms with Gasteiger partial charge in [-0.3, -0.25) is 4.79 Å². The quantitative estimate of drug-likeness (QED) is 0.825. The van der Waals surface area contributed by atoms with Crippen molar-refractivity contribution < 1.29 is 13.2 Å². The second-order valence-corrected chi connectivity index (χ2v) is 10.2. The van der Waals surface area contributed by atoms with Crippen LogP contribution in [0.1, 0.15) is 49.8 Å². The maximum atomic E-state index is 12.9. The van der Waals surface area contributed by atoms with Crippen LogP contribution in [0.5, 0.6) is 0 Å². The van der Waals surface area contributed by atoms with E-state index < -0.39 is 9.84 Å². The van der Waals surface area contributed by atoms with Crippen molar-refractivity contribution in [2.75, 3.05) is 11.5 Å². The molecular weight excluding hydrogens is 322 g/mol. The number of fused-ring (bicyclic) bond motifs is 1. The molecule has 2 aliphatic heterocycles. The van der Waals surface area contributed by atoms with Crippen LogP contribution in [0.2, 0.25) is 0 Å². The van der Waals surface area contributed by atoms with Crippen LogP contribution < -0.4 is 0 Å². The Balaban J connectivity index is 1.77. The van der Waals surface area contributed by atoms with Gasteiger partial charge in [-0.1, -0.05) is 18.2 Å².